The number of nitrogens with two attached hydrogens (primary N) is 1. The molecular weight excluding hydrogens is 250 g/mol. The molecule has 1 saturated carbocycles. The highest BCUT2D eigenvalue weighted by Gasteiger charge is 2.25. The smallest absolute Gasteiger partial charge is 0.227 e. The fourth-order valence-electron chi connectivity index (χ4n) is 2.25. The number of nitrogens with zero attached hydrogens (tertiary/aromatic N) is 1. The van der Waals surface area contributed by atoms with Crippen LogP contribution in [-0.4, -0.2) is 16.9 Å². The molecule has 2 unspecified atom stereocenters. The number of rotatable bonds is 2. The van der Waals surface area contributed by atoms with Crippen LogP contribution in [0, 0.1) is 12.8 Å². The standard InChI is InChI=1S/C13H19N3O.ClH/c1-9-5-6-12(8-15-9)16-13(17)10-3-2-4-11(14)7-10;/h5-6,8,10-11H,2-4,7,14H2,1H3,(H,16,17);1H. The van der Waals surface area contributed by atoms with Gasteiger partial charge in [0.2, 0.25) is 5.91 Å². The van der Waals surface area contributed by atoms with Crippen molar-refractivity contribution >= 4 is 24.0 Å². The molecule has 1 aromatic rings. The van der Waals surface area contributed by atoms with Crippen LogP contribution in [0.1, 0.15) is 31.4 Å². The maximum atomic E-state index is 12.0. The van der Waals surface area contributed by atoms with Crippen molar-refractivity contribution in [2.45, 2.75) is 38.6 Å². The van der Waals surface area contributed by atoms with Crippen molar-refractivity contribution in [2.24, 2.45) is 11.7 Å². The first-order valence-electron chi connectivity index (χ1n) is 6.14. The van der Waals surface area contributed by atoms with Crippen LogP contribution in [-0.2, 0) is 4.79 Å². The fourth-order valence-corrected chi connectivity index (χ4v) is 2.25. The van der Waals surface area contributed by atoms with Gasteiger partial charge in [-0.2, -0.15) is 0 Å². The summed E-state index contributed by atoms with van der Waals surface area (Å²) in [5.41, 5.74) is 7.59. The predicted octanol–water partition coefficient (Wildman–Crippen LogP) is 2.27. The Balaban J connectivity index is 0.00000162. The molecule has 0 spiro atoms. The summed E-state index contributed by atoms with van der Waals surface area (Å²) in [5, 5.41) is 2.90. The van der Waals surface area contributed by atoms with E-state index in [1.165, 1.54) is 0 Å². The number of carbonyl (C=O) groups excluding carboxylic acids is 1. The van der Waals surface area contributed by atoms with Gasteiger partial charge in [0.1, 0.15) is 0 Å². The molecule has 18 heavy (non-hydrogen) atoms. The second kappa shape index (κ2) is 6.71. The summed E-state index contributed by atoms with van der Waals surface area (Å²) in [6.07, 6.45) is 5.52. The summed E-state index contributed by atoms with van der Waals surface area (Å²) in [7, 11) is 0. The Morgan fingerprint density at radius 1 is 1.44 bits per heavy atom. The first-order valence-corrected chi connectivity index (χ1v) is 6.14. The highest BCUT2D eigenvalue weighted by Crippen LogP contribution is 2.24. The SMILES string of the molecule is Cc1ccc(NC(=O)C2CCCC(N)C2)cn1.Cl. The van der Waals surface area contributed by atoms with Crippen molar-refractivity contribution in [3.05, 3.63) is 24.0 Å². The number of anilines is 1. The number of amides is 1. The Morgan fingerprint density at radius 2 is 2.22 bits per heavy atom. The lowest BCUT2D eigenvalue weighted by Gasteiger charge is -2.25. The zero-order valence-electron chi connectivity index (χ0n) is 10.6. The van der Waals surface area contributed by atoms with Crippen LogP contribution in [0.2, 0.25) is 0 Å². The molecule has 2 rings (SSSR count). The molecule has 0 saturated heterocycles. The van der Waals surface area contributed by atoms with E-state index in [9.17, 15) is 4.79 Å². The Labute approximate surface area is 114 Å². The zero-order valence-corrected chi connectivity index (χ0v) is 11.4. The summed E-state index contributed by atoms with van der Waals surface area (Å²) in [5.74, 6) is 0.130. The highest BCUT2D eigenvalue weighted by atomic mass is 35.5. The minimum Gasteiger partial charge on any atom is -0.328 e. The van der Waals surface area contributed by atoms with E-state index < -0.39 is 0 Å². The molecule has 0 bridgehead atoms. The molecule has 4 nitrogen and oxygen atoms in total. The number of aryl methyl sites for hydroxylation is 1. The van der Waals surface area contributed by atoms with E-state index in [-0.39, 0.29) is 30.3 Å². The number of hydrogen-bond acceptors (Lipinski definition) is 3. The van der Waals surface area contributed by atoms with Gasteiger partial charge in [-0.3, -0.25) is 9.78 Å². The minimum absolute atomic E-state index is 0. The topological polar surface area (TPSA) is 68.0 Å². The van der Waals surface area contributed by atoms with Gasteiger partial charge in [-0.25, -0.2) is 0 Å². The Bertz CT molecular complexity index is 394. The lowest BCUT2D eigenvalue weighted by atomic mass is 9.85. The van der Waals surface area contributed by atoms with Crippen molar-refractivity contribution < 1.29 is 4.79 Å². The molecule has 1 aliphatic carbocycles. The summed E-state index contributed by atoms with van der Waals surface area (Å²) in [6, 6.07) is 3.95. The van der Waals surface area contributed by atoms with E-state index in [1.807, 2.05) is 19.1 Å². The van der Waals surface area contributed by atoms with Crippen LogP contribution in [0.3, 0.4) is 0 Å². The Hall–Kier alpha value is -1.13. The van der Waals surface area contributed by atoms with Gasteiger partial charge < -0.3 is 11.1 Å². The quantitative estimate of drug-likeness (QED) is 0.865. The number of pyridine rings is 1. The van der Waals surface area contributed by atoms with E-state index >= 15 is 0 Å². The molecule has 2 atom stereocenters. The van der Waals surface area contributed by atoms with Crippen LogP contribution < -0.4 is 11.1 Å². The summed E-state index contributed by atoms with van der Waals surface area (Å²) in [6.45, 7) is 1.92. The second-order valence-electron chi connectivity index (χ2n) is 4.80. The van der Waals surface area contributed by atoms with Crippen molar-refractivity contribution in [1.82, 2.24) is 4.98 Å². The lowest BCUT2D eigenvalue weighted by molar-refractivity contribution is -0.120. The van der Waals surface area contributed by atoms with E-state index in [0.717, 1.165) is 37.1 Å². The zero-order chi connectivity index (χ0) is 12.3. The highest BCUT2D eigenvalue weighted by molar-refractivity contribution is 5.92. The molecule has 0 radical (unpaired) electrons. The molecule has 1 aromatic heterocycles. The van der Waals surface area contributed by atoms with Gasteiger partial charge in [0.05, 0.1) is 11.9 Å². The Kier molecular flexibility index (Phi) is 5.56. The third-order valence-corrected chi connectivity index (χ3v) is 3.26. The summed E-state index contributed by atoms with van der Waals surface area (Å²) in [4.78, 5) is 16.2. The average Bonchev–Trinajstić information content (AvgIpc) is 2.32. The molecule has 1 heterocycles. The van der Waals surface area contributed by atoms with Crippen molar-refractivity contribution in [2.75, 3.05) is 5.32 Å². The van der Waals surface area contributed by atoms with Gasteiger partial charge in [-0.05, 0) is 38.3 Å². The average molecular weight is 270 g/mol. The fraction of sp³-hybridized carbons (Fsp3) is 0.538. The van der Waals surface area contributed by atoms with Gasteiger partial charge in [0, 0.05) is 17.7 Å². The molecular formula is C13H20ClN3O. The van der Waals surface area contributed by atoms with Crippen molar-refractivity contribution in [3.63, 3.8) is 0 Å². The van der Waals surface area contributed by atoms with Crippen LogP contribution in [0.25, 0.3) is 0 Å². The van der Waals surface area contributed by atoms with Crippen molar-refractivity contribution in [3.8, 4) is 0 Å². The molecule has 3 N–H and O–H groups in total. The summed E-state index contributed by atoms with van der Waals surface area (Å²) >= 11 is 0. The number of carbonyl (C=O) groups is 1. The first kappa shape index (κ1) is 14.9. The first-order chi connectivity index (χ1) is 8.15. The van der Waals surface area contributed by atoms with Gasteiger partial charge >= 0.3 is 0 Å². The van der Waals surface area contributed by atoms with Crippen molar-refractivity contribution in [1.29, 1.82) is 0 Å². The number of aromatic nitrogens is 1. The van der Waals surface area contributed by atoms with E-state index in [1.54, 1.807) is 6.20 Å². The molecule has 1 aliphatic rings. The molecule has 5 heteroatoms. The van der Waals surface area contributed by atoms with E-state index in [0.29, 0.717) is 0 Å². The van der Waals surface area contributed by atoms with E-state index in [4.69, 9.17) is 5.73 Å². The number of hydrogen-bond donors (Lipinski definition) is 2. The minimum atomic E-state index is 0. The van der Waals surface area contributed by atoms with Crippen LogP contribution in [0.5, 0.6) is 0 Å². The monoisotopic (exact) mass is 269 g/mol. The molecule has 0 aromatic carbocycles. The van der Waals surface area contributed by atoms with Gasteiger partial charge in [0.15, 0.2) is 0 Å². The summed E-state index contributed by atoms with van der Waals surface area (Å²) < 4.78 is 0. The molecule has 100 valence electrons. The third kappa shape index (κ3) is 3.96. The van der Waals surface area contributed by atoms with Gasteiger partial charge in [0.25, 0.3) is 0 Å². The van der Waals surface area contributed by atoms with Gasteiger partial charge in [-0.15, -0.1) is 12.4 Å². The van der Waals surface area contributed by atoms with E-state index in [2.05, 4.69) is 10.3 Å². The second-order valence-corrected chi connectivity index (χ2v) is 4.80. The maximum Gasteiger partial charge on any atom is 0.227 e. The van der Waals surface area contributed by atoms with Crippen LogP contribution in [0.15, 0.2) is 18.3 Å². The normalized spacial score (nSPS) is 23.0. The Morgan fingerprint density at radius 3 is 2.83 bits per heavy atom. The van der Waals surface area contributed by atoms with Crippen LogP contribution in [0.4, 0.5) is 5.69 Å². The van der Waals surface area contributed by atoms with Crippen LogP contribution >= 0.6 is 12.4 Å². The lowest BCUT2D eigenvalue weighted by Crippen LogP contribution is -2.34. The largest absolute Gasteiger partial charge is 0.328 e. The van der Waals surface area contributed by atoms with Gasteiger partial charge in [-0.1, -0.05) is 6.42 Å². The third-order valence-electron chi connectivity index (χ3n) is 3.26. The maximum absolute atomic E-state index is 12.0. The number of nitrogens with one attached hydrogen (secondary N) is 1. The molecule has 1 amide bonds. The number of halogens is 1. The molecule has 0 aliphatic heterocycles. The molecule has 1 fully saturated rings. The predicted molar refractivity (Wildman–Crippen MR) is 74.8 cm³/mol.